The largest absolute Gasteiger partial charge is 0.339 e. The minimum atomic E-state index is 0.204. The van der Waals surface area contributed by atoms with Gasteiger partial charge in [0.25, 0.3) is 5.91 Å². The van der Waals surface area contributed by atoms with E-state index in [-0.39, 0.29) is 5.91 Å². The zero-order valence-electron chi connectivity index (χ0n) is 13.9. The fraction of sp³-hybridized carbons (Fsp3) is 0.632. The molecule has 0 radical (unpaired) electrons. The van der Waals surface area contributed by atoms with Crippen LogP contribution >= 0.6 is 0 Å². The summed E-state index contributed by atoms with van der Waals surface area (Å²) in [6, 6.07) is 8.87. The summed E-state index contributed by atoms with van der Waals surface area (Å²) >= 11 is 0. The quantitative estimate of drug-likeness (QED) is 0.853. The molecule has 2 heterocycles. The number of likely N-dealkylation sites (tertiary alicyclic amines) is 2. The van der Waals surface area contributed by atoms with Gasteiger partial charge in [0.15, 0.2) is 0 Å². The fourth-order valence-corrected chi connectivity index (χ4v) is 3.73. The number of hydrogen-bond donors (Lipinski definition) is 0. The number of benzene rings is 1. The Balaban J connectivity index is 1.57. The van der Waals surface area contributed by atoms with Gasteiger partial charge in [-0.3, -0.25) is 4.79 Å². The number of piperidine rings is 1. The maximum atomic E-state index is 12.6. The van der Waals surface area contributed by atoms with Crippen LogP contribution in [0.1, 0.15) is 61.4 Å². The summed E-state index contributed by atoms with van der Waals surface area (Å²) in [5.74, 6) is 0.718. The van der Waals surface area contributed by atoms with E-state index in [1.165, 1.54) is 31.5 Å². The van der Waals surface area contributed by atoms with E-state index in [4.69, 9.17) is 0 Å². The average molecular weight is 300 g/mol. The van der Waals surface area contributed by atoms with Crippen molar-refractivity contribution in [1.29, 1.82) is 0 Å². The van der Waals surface area contributed by atoms with Gasteiger partial charge < -0.3 is 9.80 Å². The SMILES string of the molecule is CC(C)c1ccc(C(=O)N2CCC(N3CCCC3)CC2)cc1. The first-order valence-corrected chi connectivity index (χ1v) is 8.78. The first kappa shape index (κ1) is 15.5. The van der Waals surface area contributed by atoms with E-state index in [1.807, 2.05) is 17.0 Å². The predicted octanol–water partition coefficient (Wildman–Crippen LogP) is 3.51. The van der Waals surface area contributed by atoms with E-state index in [0.29, 0.717) is 12.0 Å². The average Bonchev–Trinajstić information content (AvgIpc) is 3.09. The van der Waals surface area contributed by atoms with Crippen LogP contribution in [0.5, 0.6) is 0 Å². The van der Waals surface area contributed by atoms with Crippen LogP contribution in [0.2, 0.25) is 0 Å². The normalized spacial score (nSPS) is 20.8. The third-order valence-electron chi connectivity index (χ3n) is 5.23. The minimum Gasteiger partial charge on any atom is -0.339 e. The van der Waals surface area contributed by atoms with Gasteiger partial charge in [-0.2, -0.15) is 0 Å². The van der Waals surface area contributed by atoms with Crippen LogP contribution in [-0.4, -0.2) is 47.9 Å². The third kappa shape index (κ3) is 3.35. The molecule has 22 heavy (non-hydrogen) atoms. The Kier molecular flexibility index (Phi) is 4.82. The Morgan fingerprint density at radius 2 is 1.59 bits per heavy atom. The van der Waals surface area contributed by atoms with Gasteiger partial charge in [0.05, 0.1) is 0 Å². The highest BCUT2D eigenvalue weighted by atomic mass is 16.2. The maximum Gasteiger partial charge on any atom is 0.253 e. The molecule has 2 aliphatic heterocycles. The van der Waals surface area contributed by atoms with Crippen molar-refractivity contribution in [3.8, 4) is 0 Å². The number of nitrogens with zero attached hydrogens (tertiary/aromatic N) is 2. The van der Waals surface area contributed by atoms with Crippen molar-refractivity contribution in [2.24, 2.45) is 0 Å². The molecule has 0 aliphatic carbocycles. The standard InChI is InChI=1S/C19H28N2O/c1-15(2)16-5-7-17(8-6-16)19(22)21-13-9-18(10-14-21)20-11-3-4-12-20/h5-8,15,18H,3-4,9-14H2,1-2H3. The van der Waals surface area contributed by atoms with Gasteiger partial charge >= 0.3 is 0 Å². The molecular weight excluding hydrogens is 272 g/mol. The van der Waals surface area contributed by atoms with Gasteiger partial charge in [-0.25, -0.2) is 0 Å². The Bertz CT molecular complexity index is 495. The van der Waals surface area contributed by atoms with Crippen molar-refractivity contribution in [2.45, 2.75) is 51.5 Å². The molecule has 1 amide bonds. The van der Waals surface area contributed by atoms with E-state index < -0.39 is 0 Å². The second-order valence-electron chi connectivity index (χ2n) is 7.04. The van der Waals surface area contributed by atoms with Crippen LogP contribution in [0.4, 0.5) is 0 Å². The Labute approximate surface area is 134 Å². The van der Waals surface area contributed by atoms with Crippen molar-refractivity contribution in [3.63, 3.8) is 0 Å². The van der Waals surface area contributed by atoms with Crippen molar-refractivity contribution >= 4 is 5.91 Å². The number of rotatable bonds is 3. The topological polar surface area (TPSA) is 23.6 Å². The fourth-order valence-electron chi connectivity index (χ4n) is 3.73. The van der Waals surface area contributed by atoms with Crippen LogP contribution in [0.3, 0.4) is 0 Å². The summed E-state index contributed by atoms with van der Waals surface area (Å²) < 4.78 is 0. The van der Waals surface area contributed by atoms with E-state index in [9.17, 15) is 4.79 Å². The van der Waals surface area contributed by atoms with Crippen molar-refractivity contribution < 1.29 is 4.79 Å². The molecule has 2 fully saturated rings. The molecule has 1 aromatic rings. The van der Waals surface area contributed by atoms with E-state index >= 15 is 0 Å². The minimum absolute atomic E-state index is 0.204. The van der Waals surface area contributed by atoms with Gasteiger partial charge in [0, 0.05) is 24.7 Å². The molecule has 120 valence electrons. The van der Waals surface area contributed by atoms with Crippen LogP contribution in [0, 0.1) is 0 Å². The lowest BCUT2D eigenvalue weighted by Crippen LogP contribution is -2.45. The van der Waals surface area contributed by atoms with Crippen LogP contribution in [0.25, 0.3) is 0 Å². The predicted molar refractivity (Wildman–Crippen MR) is 90.3 cm³/mol. The van der Waals surface area contributed by atoms with Gasteiger partial charge in [0.1, 0.15) is 0 Å². The highest BCUT2D eigenvalue weighted by molar-refractivity contribution is 5.94. The van der Waals surface area contributed by atoms with E-state index in [1.54, 1.807) is 0 Å². The summed E-state index contributed by atoms with van der Waals surface area (Å²) in [7, 11) is 0. The smallest absolute Gasteiger partial charge is 0.253 e. The zero-order valence-corrected chi connectivity index (χ0v) is 13.9. The lowest BCUT2D eigenvalue weighted by atomic mass is 10.00. The first-order valence-electron chi connectivity index (χ1n) is 8.78. The summed E-state index contributed by atoms with van der Waals surface area (Å²) in [6.45, 7) is 8.70. The van der Waals surface area contributed by atoms with Crippen molar-refractivity contribution in [1.82, 2.24) is 9.80 Å². The monoisotopic (exact) mass is 300 g/mol. The van der Waals surface area contributed by atoms with Crippen LogP contribution in [-0.2, 0) is 0 Å². The molecule has 3 heteroatoms. The molecular formula is C19H28N2O. The zero-order chi connectivity index (χ0) is 15.5. The Morgan fingerprint density at radius 1 is 1.00 bits per heavy atom. The summed E-state index contributed by atoms with van der Waals surface area (Å²) in [4.78, 5) is 17.3. The number of hydrogen-bond acceptors (Lipinski definition) is 2. The highest BCUT2D eigenvalue weighted by Crippen LogP contribution is 2.22. The Hall–Kier alpha value is -1.35. The molecule has 0 N–H and O–H groups in total. The third-order valence-corrected chi connectivity index (χ3v) is 5.23. The highest BCUT2D eigenvalue weighted by Gasteiger charge is 2.28. The van der Waals surface area contributed by atoms with E-state index in [0.717, 1.165) is 31.5 Å². The summed E-state index contributed by atoms with van der Waals surface area (Å²) in [6.07, 6.45) is 4.97. The molecule has 0 aromatic heterocycles. The van der Waals surface area contributed by atoms with Gasteiger partial charge in [-0.1, -0.05) is 26.0 Å². The Morgan fingerprint density at radius 3 is 2.14 bits per heavy atom. The van der Waals surface area contributed by atoms with Crippen molar-refractivity contribution in [2.75, 3.05) is 26.2 Å². The van der Waals surface area contributed by atoms with Gasteiger partial charge in [-0.15, -0.1) is 0 Å². The lowest BCUT2D eigenvalue weighted by Gasteiger charge is -2.36. The second kappa shape index (κ2) is 6.82. The maximum absolute atomic E-state index is 12.6. The van der Waals surface area contributed by atoms with Crippen LogP contribution in [0.15, 0.2) is 24.3 Å². The van der Waals surface area contributed by atoms with E-state index in [2.05, 4.69) is 30.9 Å². The first-order chi connectivity index (χ1) is 10.6. The molecule has 0 atom stereocenters. The second-order valence-corrected chi connectivity index (χ2v) is 7.04. The van der Waals surface area contributed by atoms with Crippen molar-refractivity contribution in [3.05, 3.63) is 35.4 Å². The molecule has 0 unspecified atom stereocenters. The van der Waals surface area contributed by atoms with Crippen LogP contribution < -0.4 is 0 Å². The van der Waals surface area contributed by atoms with Gasteiger partial charge in [0.2, 0.25) is 0 Å². The summed E-state index contributed by atoms with van der Waals surface area (Å²) in [5, 5.41) is 0. The summed E-state index contributed by atoms with van der Waals surface area (Å²) in [5.41, 5.74) is 2.13. The molecule has 0 saturated carbocycles. The van der Waals surface area contributed by atoms with Gasteiger partial charge in [-0.05, 0) is 62.4 Å². The lowest BCUT2D eigenvalue weighted by molar-refractivity contribution is 0.0644. The number of carbonyl (C=O) groups is 1. The number of amides is 1. The molecule has 1 aromatic carbocycles. The molecule has 0 bridgehead atoms. The molecule has 0 spiro atoms. The molecule has 2 aliphatic rings. The molecule has 3 rings (SSSR count). The molecule has 3 nitrogen and oxygen atoms in total. The molecule has 2 saturated heterocycles. The number of carbonyl (C=O) groups excluding carboxylic acids is 1.